The molecule has 0 saturated carbocycles. The Bertz CT molecular complexity index is 1020. The van der Waals surface area contributed by atoms with Crippen LogP contribution < -0.4 is 16.0 Å². The molecule has 3 aromatic carbocycles. The molecule has 0 heterocycles. The van der Waals surface area contributed by atoms with Crippen LogP contribution in [0.3, 0.4) is 0 Å². The zero-order valence-electron chi connectivity index (χ0n) is 15.2. The van der Waals surface area contributed by atoms with Crippen molar-refractivity contribution < 1.29 is 9.59 Å². The van der Waals surface area contributed by atoms with E-state index in [4.69, 9.17) is 12.2 Å². The van der Waals surface area contributed by atoms with Crippen molar-refractivity contribution in [1.29, 1.82) is 0 Å². The molecule has 5 nitrogen and oxygen atoms in total. The number of benzene rings is 3. The van der Waals surface area contributed by atoms with Crippen LogP contribution in [0.4, 0.5) is 11.4 Å². The Morgan fingerprint density at radius 1 is 0.714 bits per heavy atom. The number of rotatable bonds is 4. The first-order chi connectivity index (χ1) is 13.5. The number of hydrogen-bond acceptors (Lipinski definition) is 3. The molecule has 0 aliphatic heterocycles. The van der Waals surface area contributed by atoms with Gasteiger partial charge in [0.25, 0.3) is 11.8 Å². The number of carbonyl (C=O) groups excluding carboxylic acids is 2. The van der Waals surface area contributed by atoms with Crippen molar-refractivity contribution in [3.63, 3.8) is 0 Å². The quantitative estimate of drug-likeness (QED) is 0.580. The van der Waals surface area contributed by atoms with Gasteiger partial charge in [0.05, 0.1) is 0 Å². The average molecular weight is 389 g/mol. The summed E-state index contributed by atoms with van der Waals surface area (Å²) in [5.41, 5.74) is 3.39. The Morgan fingerprint density at radius 2 is 1.36 bits per heavy atom. The van der Waals surface area contributed by atoms with E-state index in [1.54, 1.807) is 48.5 Å². The highest BCUT2D eigenvalue weighted by Crippen LogP contribution is 2.15. The van der Waals surface area contributed by atoms with Crippen LogP contribution in [0.2, 0.25) is 0 Å². The third-order valence-corrected chi connectivity index (χ3v) is 4.13. The number of nitrogens with one attached hydrogen (secondary N) is 3. The number of hydrogen-bond donors (Lipinski definition) is 3. The minimum atomic E-state index is -0.300. The molecule has 2 amide bonds. The van der Waals surface area contributed by atoms with Crippen LogP contribution in [0.15, 0.2) is 78.9 Å². The van der Waals surface area contributed by atoms with Crippen LogP contribution in [-0.2, 0) is 0 Å². The smallest absolute Gasteiger partial charge is 0.257 e. The molecule has 0 atom stereocenters. The van der Waals surface area contributed by atoms with E-state index in [0.717, 1.165) is 11.3 Å². The lowest BCUT2D eigenvalue weighted by atomic mass is 10.1. The molecule has 0 aliphatic carbocycles. The summed E-state index contributed by atoms with van der Waals surface area (Å²) in [6.07, 6.45) is 0. The number of carbonyl (C=O) groups is 2. The molecule has 3 rings (SSSR count). The molecule has 3 aromatic rings. The van der Waals surface area contributed by atoms with Gasteiger partial charge in [-0.25, -0.2) is 0 Å². The lowest BCUT2D eigenvalue weighted by molar-refractivity contribution is 0.0976. The van der Waals surface area contributed by atoms with E-state index < -0.39 is 0 Å². The third kappa shape index (κ3) is 5.25. The second-order valence-electron chi connectivity index (χ2n) is 6.18. The first-order valence-electron chi connectivity index (χ1n) is 8.67. The highest BCUT2D eigenvalue weighted by Gasteiger charge is 2.10. The molecule has 3 N–H and O–H groups in total. The predicted octanol–water partition coefficient (Wildman–Crippen LogP) is 4.37. The number of thiocarbonyl (C=S) groups is 1. The van der Waals surface area contributed by atoms with Crippen molar-refractivity contribution >= 4 is 40.5 Å². The van der Waals surface area contributed by atoms with Crippen LogP contribution in [0.1, 0.15) is 26.3 Å². The molecule has 0 bridgehead atoms. The fraction of sp³-hybridized carbons (Fsp3) is 0.0455. The standard InChI is InChI=1S/C22H19N3O2S/c1-15-7-5-11-18(13-15)23-21(27)17-10-6-12-19(14-17)24-22(28)25-20(26)16-8-3-2-4-9-16/h2-14H,1H3,(H,23,27)(H2,24,25,26,28). The van der Waals surface area contributed by atoms with Crippen molar-refractivity contribution in [1.82, 2.24) is 5.32 Å². The molecule has 0 aromatic heterocycles. The molecule has 28 heavy (non-hydrogen) atoms. The summed E-state index contributed by atoms with van der Waals surface area (Å²) >= 11 is 5.20. The summed E-state index contributed by atoms with van der Waals surface area (Å²) in [5, 5.41) is 8.57. The molecule has 6 heteroatoms. The Hall–Kier alpha value is -3.51. The van der Waals surface area contributed by atoms with Gasteiger partial charge in [0.1, 0.15) is 0 Å². The topological polar surface area (TPSA) is 70.2 Å². The Balaban J connectivity index is 1.63. The maximum absolute atomic E-state index is 12.5. The molecule has 0 fully saturated rings. The predicted molar refractivity (Wildman–Crippen MR) is 116 cm³/mol. The van der Waals surface area contributed by atoms with Crippen LogP contribution in [0.25, 0.3) is 0 Å². The molecule has 0 spiro atoms. The maximum Gasteiger partial charge on any atom is 0.257 e. The summed E-state index contributed by atoms with van der Waals surface area (Å²) in [6, 6.07) is 23.3. The van der Waals surface area contributed by atoms with Gasteiger partial charge >= 0.3 is 0 Å². The van der Waals surface area contributed by atoms with Gasteiger partial charge in [-0.1, -0.05) is 36.4 Å². The van der Waals surface area contributed by atoms with Crippen LogP contribution in [-0.4, -0.2) is 16.9 Å². The normalized spacial score (nSPS) is 10.0. The SMILES string of the molecule is Cc1cccc(NC(=O)c2cccc(NC(=S)NC(=O)c3ccccc3)c2)c1. The third-order valence-electron chi connectivity index (χ3n) is 3.92. The summed E-state index contributed by atoms with van der Waals surface area (Å²) in [4.78, 5) is 24.6. The van der Waals surface area contributed by atoms with E-state index in [-0.39, 0.29) is 16.9 Å². The van der Waals surface area contributed by atoms with E-state index in [0.29, 0.717) is 16.8 Å². The van der Waals surface area contributed by atoms with Gasteiger partial charge in [-0.05, 0) is 67.2 Å². The second-order valence-corrected chi connectivity index (χ2v) is 6.59. The molecule has 0 unspecified atom stereocenters. The summed E-state index contributed by atoms with van der Waals surface area (Å²) in [5.74, 6) is -0.528. The second kappa shape index (κ2) is 8.92. The minimum Gasteiger partial charge on any atom is -0.332 e. The summed E-state index contributed by atoms with van der Waals surface area (Å²) in [6.45, 7) is 1.96. The zero-order chi connectivity index (χ0) is 19.9. The fourth-order valence-corrected chi connectivity index (χ4v) is 2.80. The number of aryl methyl sites for hydroxylation is 1. The van der Waals surface area contributed by atoms with E-state index in [2.05, 4.69) is 16.0 Å². The Kier molecular flexibility index (Phi) is 6.14. The maximum atomic E-state index is 12.5. The van der Waals surface area contributed by atoms with E-state index >= 15 is 0 Å². The van der Waals surface area contributed by atoms with E-state index in [9.17, 15) is 9.59 Å². The molecule has 140 valence electrons. The van der Waals surface area contributed by atoms with Gasteiger partial charge in [0, 0.05) is 22.5 Å². The lowest BCUT2D eigenvalue weighted by Gasteiger charge is -2.11. The van der Waals surface area contributed by atoms with Crippen LogP contribution in [0.5, 0.6) is 0 Å². The van der Waals surface area contributed by atoms with Crippen molar-refractivity contribution in [3.05, 3.63) is 95.6 Å². The van der Waals surface area contributed by atoms with E-state index in [1.807, 2.05) is 37.3 Å². The largest absolute Gasteiger partial charge is 0.332 e. The van der Waals surface area contributed by atoms with Crippen molar-refractivity contribution in [2.45, 2.75) is 6.92 Å². The number of amides is 2. The molecular formula is C22H19N3O2S. The average Bonchev–Trinajstić information content (AvgIpc) is 2.68. The van der Waals surface area contributed by atoms with Crippen molar-refractivity contribution in [2.24, 2.45) is 0 Å². The minimum absolute atomic E-state index is 0.157. The van der Waals surface area contributed by atoms with Crippen LogP contribution >= 0.6 is 12.2 Å². The lowest BCUT2D eigenvalue weighted by Crippen LogP contribution is -2.34. The van der Waals surface area contributed by atoms with Gasteiger partial charge in [-0.2, -0.15) is 0 Å². The molecular weight excluding hydrogens is 370 g/mol. The van der Waals surface area contributed by atoms with Gasteiger partial charge in [0.2, 0.25) is 0 Å². The van der Waals surface area contributed by atoms with Crippen molar-refractivity contribution in [3.8, 4) is 0 Å². The first kappa shape index (κ1) is 19.3. The first-order valence-corrected chi connectivity index (χ1v) is 9.07. The molecule has 0 aliphatic rings. The van der Waals surface area contributed by atoms with Gasteiger partial charge in [-0.3, -0.25) is 14.9 Å². The van der Waals surface area contributed by atoms with Crippen molar-refractivity contribution in [2.75, 3.05) is 10.6 Å². The Morgan fingerprint density at radius 3 is 2.07 bits per heavy atom. The monoisotopic (exact) mass is 389 g/mol. The zero-order valence-corrected chi connectivity index (χ0v) is 16.0. The highest BCUT2D eigenvalue weighted by molar-refractivity contribution is 7.80. The van der Waals surface area contributed by atoms with Crippen LogP contribution in [0, 0.1) is 6.92 Å². The van der Waals surface area contributed by atoms with E-state index in [1.165, 1.54) is 0 Å². The summed E-state index contributed by atoms with van der Waals surface area (Å²) in [7, 11) is 0. The van der Waals surface area contributed by atoms with Gasteiger partial charge < -0.3 is 10.6 Å². The fourth-order valence-electron chi connectivity index (χ4n) is 2.59. The Labute approximate surface area is 168 Å². The highest BCUT2D eigenvalue weighted by atomic mass is 32.1. The number of anilines is 2. The van der Waals surface area contributed by atoms with Gasteiger partial charge in [-0.15, -0.1) is 0 Å². The van der Waals surface area contributed by atoms with Gasteiger partial charge in [0.15, 0.2) is 5.11 Å². The molecule has 0 saturated heterocycles. The summed E-state index contributed by atoms with van der Waals surface area (Å²) < 4.78 is 0. The molecule has 0 radical (unpaired) electrons.